The van der Waals surface area contributed by atoms with Crippen molar-refractivity contribution in [3.63, 3.8) is 0 Å². The SMILES string of the molecule is O=C(O)C(F)(F)C(F)(F)C(F)(F)C(F)(F)C(F)(F)C(F)(F)F.[Ag]. The zero-order valence-electron chi connectivity index (χ0n) is 9.57. The minimum Gasteiger partial charge on any atom is -0.477 e. The normalized spacial score (nSPS) is 15.2. The fourth-order valence-electron chi connectivity index (χ4n) is 0.904. The number of carbonyl (C=O) groups is 1. The third kappa shape index (κ3) is 3.14. The van der Waals surface area contributed by atoms with Crippen molar-refractivity contribution in [3.8, 4) is 0 Å². The van der Waals surface area contributed by atoms with Crippen LogP contribution < -0.4 is 0 Å². The summed E-state index contributed by atoms with van der Waals surface area (Å²) in [5, 5.41) is 7.55. The van der Waals surface area contributed by atoms with Gasteiger partial charge in [0.15, 0.2) is 0 Å². The van der Waals surface area contributed by atoms with Crippen LogP contribution in [0.15, 0.2) is 0 Å². The van der Waals surface area contributed by atoms with Gasteiger partial charge in [-0.2, -0.15) is 57.1 Å². The Morgan fingerprint density at radius 3 is 1.04 bits per heavy atom. The van der Waals surface area contributed by atoms with Gasteiger partial charge in [0.2, 0.25) is 0 Å². The van der Waals surface area contributed by atoms with Crippen LogP contribution in [0.5, 0.6) is 0 Å². The van der Waals surface area contributed by atoms with Crippen molar-refractivity contribution in [2.45, 2.75) is 35.8 Å². The Hall–Kier alpha value is -0.700. The van der Waals surface area contributed by atoms with Crippen molar-refractivity contribution in [2.24, 2.45) is 0 Å². The topological polar surface area (TPSA) is 37.3 Å². The number of aliphatic carboxylic acids is 1. The van der Waals surface area contributed by atoms with E-state index in [0.717, 1.165) is 0 Å². The molecule has 0 saturated heterocycles. The maximum atomic E-state index is 12.6. The van der Waals surface area contributed by atoms with Crippen LogP contribution in [-0.4, -0.2) is 46.9 Å². The Balaban J connectivity index is 0. The van der Waals surface area contributed by atoms with Gasteiger partial charge in [-0.25, -0.2) is 4.79 Å². The van der Waals surface area contributed by atoms with Crippen LogP contribution in [-0.2, 0) is 27.2 Å². The van der Waals surface area contributed by atoms with Gasteiger partial charge in [-0.1, -0.05) is 0 Å². The van der Waals surface area contributed by atoms with Crippen molar-refractivity contribution in [1.82, 2.24) is 0 Å². The summed E-state index contributed by atoms with van der Waals surface area (Å²) in [4.78, 5) is 9.67. The smallest absolute Gasteiger partial charge is 0.460 e. The molecule has 0 rings (SSSR count). The Morgan fingerprint density at radius 1 is 0.565 bits per heavy atom. The van der Waals surface area contributed by atoms with Gasteiger partial charge in [0.05, 0.1) is 0 Å². The van der Waals surface area contributed by atoms with E-state index < -0.39 is 41.8 Å². The molecule has 2 nitrogen and oxygen atoms in total. The van der Waals surface area contributed by atoms with Gasteiger partial charge >= 0.3 is 41.8 Å². The van der Waals surface area contributed by atoms with Crippen LogP contribution in [0.1, 0.15) is 0 Å². The molecule has 1 radical (unpaired) electrons. The second-order valence-corrected chi connectivity index (χ2v) is 3.67. The molecule has 0 aliphatic carbocycles. The number of alkyl halides is 13. The third-order valence-electron chi connectivity index (χ3n) is 2.20. The van der Waals surface area contributed by atoms with Gasteiger partial charge < -0.3 is 5.11 Å². The Kier molecular flexibility index (Phi) is 6.39. The zero-order valence-corrected chi connectivity index (χ0v) is 11.1. The van der Waals surface area contributed by atoms with Crippen molar-refractivity contribution in [2.75, 3.05) is 0 Å². The van der Waals surface area contributed by atoms with Crippen LogP contribution in [0, 0.1) is 0 Å². The van der Waals surface area contributed by atoms with E-state index in [-0.39, 0.29) is 22.4 Å². The molecule has 0 spiro atoms. The molecule has 0 aromatic heterocycles. The van der Waals surface area contributed by atoms with Gasteiger partial charge in [-0.05, 0) is 0 Å². The van der Waals surface area contributed by atoms with E-state index in [1.807, 2.05) is 0 Å². The molecule has 0 unspecified atom stereocenters. The first-order valence-electron chi connectivity index (χ1n) is 4.38. The summed E-state index contributed by atoms with van der Waals surface area (Å²) in [7, 11) is 0. The van der Waals surface area contributed by atoms with Crippen LogP contribution in [0.25, 0.3) is 0 Å². The summed E-state index contributed by atoms with van der Waals surface area (Å²) in [6.45, 7) is 0. The molecule has 0 amide bonds. The molecule has 0 atom stereocenters. The molecule has 1 N–H and O–H groups in total. The van der Waals surface area contributed by atoms with E-state index >= 15 is 0 Å². The third-order valence-corrected chi connectivity index (χ3v) is 2.20. The fourth-order valence-corrected chi connectivity index (χ4v) is 0.904. The Labute approximate surface area is 132 Å². The van der Waals surface area contributed by atoms with Crippen LogP contribution in [0.2, 0.25) is 0 Å². The summed E-state index contributed by atoms with van der Waals surface area (Å²) >= 11 is 0. The average molecular weight is 472 g/mol. The first kappa shape index (κ1) is 24.6. The molecule has 16 heteroatoms. The molecule has 0 aromatic rings. The molecule has 0 saturated carbocycles. The minimum absolute atomic E-state index is 0. The van der Waals surface area contributed by atoms with E-state index in [1.54, 1.807) is 0 Å². The maximum Gasteiger partial charge on any atom is 0.460 e. The fraction of sp³-hybridized carbons (Fsp3) is 0.857. The molecule has 0 fully saturated rings. The van der Waals surface area contributed by atoms with Crippen LogP contribution >= 0.6 is 0 Å². The maximum absolute atomic E-state index is 12.6. The summed E-state index contributed by atoms with van der Waals surface area (Å²) < 4.78 is 159. The molecular weight excluding hydrogens is 471 g/mol. The molecule has 0 aliphatic rings. The van der Waals surface area contributed by atoms with Gasteiger partial charge in [0.25, 0.3) is 0 Å². The van der Waals surface area contributed by atoms with E-state index in [1.165, 1.54) is 0 Å². The number of rotatable bonds is 5. The first-order valence-corrected chi connectivity index (χ1v) is 4.38. The van der Waals surface area contributed by atoms with Gasteiger partial charge in [-0.15, -0.1) is 0 Å². The first-order chi connectivity index (χ1) is 9.19. The molecular formula is C7HAgF13O2. The summed E-state index contributed by atoms with van der Waals surface area (Å²) in [6, 6.07) is 0. The molecule has 0 aromatic carbocycles. The molecule has 0 bridgehead atoms. The van der Waals surface area contributed by atoms with Crippen LogP contribution in [0.4, 0.5) is 57.1 Å². The van der Waals surface area contributed by atoms with Gasteiger partial charge in [0, 0.05) is 22.4 Å². The second kappa shape index (κ2) is 5.98. The average Bonchev–Trinajstić information content (AvgIpc) is 2.25. The predicted octanol–water partition coefficient (Wildman–Crippen LogP) is 3.81. The van der Waals surface area contributed by atoms with Crippen molar-refractivity contribution < 1.29 is 89.4 Å². The molecule has 0 heterocycles. The standard InChI is InChI=1S/C7HF13O2.Ag/c8-2(9,1(21)22)3(10,11)4(12,13)5(14,15)6(16,17)7(18,19)20;/h(H,21,22);. The van der Waals surface area contributed by atoms with E-state index in [0.29, 0.717) is 0 Å². The number of hydrogen-bond acceptors (Lipinski definition) is 1. The van der Waals surface area contributed by atoms with Gasteiger partial charge in [0.1, 0.15) is 0 Å². The quantitative estimate of drug-likeness (QED) is 0.489. The molecule has 23 heavy (non-hydrogen) atoms. The Morgan fingerprint density at radius 2 is 0.826 bits per heavy atom. The van der Waals surface area contributed by atoms with E-state index in [9.17, 15) is 61.9 Å². The van der Waals surface area contributed by atoms with E-state index in [2.05, 4.69) is 0 Å². The molecule has 143 valence electrons. The van der Waals surface area contributed by atoms with Gasteiger partial charge in [-0.3, -0.25) is 0 Å². The number of carboxylic acids is 1. The predicted molar refractivity (Wildman–Crippen MR) is 38.4 cm³/mol. The molecule has 0 aliphatic heterocycles. The van der Waals surface area contributed by atoms with Crippen molar-refractivity contribution >= 4 is 5.97 Å². The second-order valence-electron chi connectivity index (χ2n) is 3.67. The van der Waals surface area contributed by atoms with Crippen molar-refractivity contribution in [3.05, 3.63) is 0 Å². The summed E-state index contributed by atoms with van der Waals surface area (Å²) in [5.41, 5.74) is 0. The van der Waals surface area contributed by atoms with Crippen LogP contribution in [0.3, 0.4) is 0 Å². The van der Waals surface area contributed by atoms with E-state index in [4.69, 9.17) is 5.11 Å². The summed E-state index contributed by atoms with van der Waals surface area (Å²) in [5.74, 6) is -43.0. The largest absolute Gasteiger partial charge is 0.477 e. The minimum atomic E-state index is -8.08. The number of carboxylic acid groups (broad SMARTS) is 1. The Bertz CT molecular complexity index is 454. The zero-order chi connectivity index (χ0) is 18.6. The number of hydrogen-bond donors (Lipinski definition) is 1. The number of halogens is 13. The van der Waals surface area contributed by atoms with Crippen molar-refractivity contribution in [1.29, 1.82) is 0 Å². The summed E-state index contributed by atoms with van der Waals surface area (Å²) in [6.07, 6.45) is -7.52. The monoisotopic (exact) mass is 471 g/mol.